The fourth-order valence-electron chi connectivity index (χ4n) is 10.5. The van der Waals surface area contributed by atoms with E-state index in [2.05, 4.69) is 315 Å². The van der Waals surface area contributed by atoms with Crippen molar-refractivity contribution in [1.29, 1.82) is 0 Å². The molecule has 0 aromatic heterocycles. The van der Waals surface area contributed by atoms with Crippen LogP contribution >= 0.6 is 0 Å². The zero-order valence-electron chi connectivity index (χ0n) is 40.9. The molecule has 0 unspecified atom stereocenters. The summed E-state index contributed by atoms with van der Waals surface area (Å²) < 4.78 is 0. The highest BCUT2D eigenvalue weighted by Crippen LogP contribution is 2.52. The summed E-state index contributed by atoms with van der Waals surface area (Å²) in [7, 11) is 0. The molecule has 346 valence electrons. The molecule has 0 bridgehead atoms. The first kappa shape index (κ1) is 45.3. The second-order valence-corrected chi connectivity index (χ2v) is 18.5. The lowest BCUT2D eigenvalue weighted by Crippen LogP contribution is -1.98. The smallest absolute Gasteiger partial charge is 0.0249 e. The summed E-state index contributed by atoms with van der Waals surface area (Å²) in [6.45, 7) is 0. The molecule has 74 heavy (non-hydrogen) atoms. The van der Waals surface area contributed by atoms with Gasteiger partial charge >= 0.3 is 0 Å². The topological polar surface area (TPSA) is 0 Å². The van der Waals surface area contributed by atoms with Crippen LogP contribution in [-0.2, 0) is 0 Å². The maximum atomic E-state index is 3.52. The first-order valence-electron chi connectivity index (χ1n) is 25.3. The minimum atomic E-state index is 0.953. The molecule has 0 nitrogen and oxygen atoms in total. The number of benzene rings is 12. The lowest BCUT2D eigenvalue weighted by molar-refractivity contribution is 1.52. The molecule has 0 saturated carbocycles. The van der Waals surface area contributed by atoms with Crippen molar-refractivity contribution in [3.05, 3.63) is 314 Å². The lowest BCUT2D eigenvalue weighted by atomic mass is 9.79. The van der Waals surface area contributed by atoms with Crippen molar-refractivity contribution >= 4 is 0 Å². The Morgan fingerprint density at radius 1 is 0.149 bits per heavy atom. The van der Waals surface area contributed by atoms with E-state index in [1.807, 2.05) is 0 Å². The van der Waals surface area contributed by atoms with Crippen LogP contribution in [0.5, 0.6) is 0 Å². The summed E-state index contributed by atoms with van der Waals surface area (Å²) in [6.07, 6.45) is 0. The van der Waals surface area contributed by atoms with Crippen LogP contribution in [0.15, 0.2) is 303 Å². The van der Waals surface area contributed by atoms with E-state index in [4.69, 9.17) is 0 Å². The molecular weight excluding hydrogens is 889 g/mol. The van der Waals surface area contributed by atoms with Crippen LogP contribution in [0.2, 0.25) is 0 Å². The Balaban J connectivity index is 0.969. The van der Waals surface area contributed by atoms with Gasteiger partial charge < -0.3 is 0 Å². The van der Waals surface area contributed by atoms with Gasteiger partial charge in [-0.05, 0) is 148 Å². The Hall–Kier alpha value is -9.80. The molecule has 0 radical (unpaired) electrons. The first-order chi connectivity index (χ1) is 36.7. The number of hydrogen-bond acceptors (Lipinski definition) is 0. The molecule has 0 aliphatic carbocycles. The minimum Gasteiger partial charge on any atom is -0.0622 e. The standard InChI is InChI=1S/C74H50/c1-9-25-55(26-10-1)65-51-67(71(61-33-17-5-18-34-61)73(63-37-21-7-22-38-63)69(65)59-29-13-3-14-30-59)57-47-43-53(44-48-57)41-42-54-45-49-58(50-46-54)68-52-66(56-27-11-2-12-28-56)70(60-31-15-4-16-32-60)74(64-39-23-8-24-40-64)72(68)62-35-19-6-20-36-62/h1-40,43-52H. The molecule has 0 spiro atoms. The Bertz CT molecular complexity index is 3630. The van der Waals surface area contributed by atoms with Gasteiger partial charge in [-0.2, -0.15) is 0 Å². The van der Waals surface area contributed by atoms with Crippen LogP contribution in [0.3, 0.4) is 0 Å². The predicted molar refractivity (Wildman–Crippen MR) is 313 cm³/mol. The predicted octanol–water partition coefficient (Wildman–Crippen LogP) is 19.8. The normalized spacial score (nSPS) is 10.9. The third-order valence-electron chi connectivity index (χ3n) is 13.9. The Morgan fingerprint density at radius 3 is 0.541 bits per heavy atom. The molecule has 0 fully saturated rings. The SMILES string of the molecule is C(#Cc1ccc(-c2cc(-c3ccccc3)c(-c3ccccc3)c(-c3ccccc3)c2-c2ccccc2)cc1)c1ccc(-c2cc(-c3ccccc3)c(-c3ccccc3)c(-c3ccccc3)c2-c2ccccc2)cc1. The molecule has 12 rings (SSSR count). The van der Waals surface area contributed by atoms with Crippen molar-refractivity contribution in [1.82, 2.24) is 0 Å². The monoisotopic (exact) mass is 938 g/mol. The molecule has 0 atom stereocenters. The van der Waals surface area contributed by atoms with Crippen LogP contribution in [-0.4, -0.2) is 0 Å². The summed E-state index contributed by atoms with van der Waals surface area (Å²) in [5.74, 6) is 7.05. The van der Waals surface area contributed by atoms with E-state index in [9.17, 15) is 0 Å². The second-order valence-electron chi connectivity index (χ2n) is 18.5. The Morgan fingerprint density at radius 2 is 0.324 bits per heavy atom. The van der Waals surface area contributed by atoms with Gasteiger partial charge in [0.25, 0.3) is 0 Å². The summed E-state index contributed by atoms with van der Waals surface area (Å²) in [5, 5.41) is 0. The van der Waals surface area contributed by atoms with Gasteiger partial charge in [-0.1, -0.05) is 279 Å². The van der Waals surface area contributed by atoms with Crippen LogP contribution in [0.4, 0.5) is 0 Å². The second kappa shape index (κ2) is 20.9. The van der Waals surface area contributed by atoms with Crippen LogP contribution < -0.4 is 0 Å². The van der Waals surface area contributed by atoms with Crippen LogP contribution in [0.25, 0.3) is 111 Å². The van der Waals surface area contributed by atoms with E-state index >= 15 is 0 Å². The largest absolute Gasteiger partial charge is 0.0622 e. The molecular formula is C74H50. The highest BCUT2D eigenvalue weighted by Gasteiger charge is 2.25. The van der Waals surface area contributed by atoms with E-state index in [0.29, 0.717) is 0 Å². The maximum absolute atomic E-state index is 3.52. The van der Waals surface area contributed by atoms with Gasteiger partial charge in [-0.3, -0.25) is 0 Å². The highest BCUT2D eigenvalue weighted by molar-refractivity contribution is 6.09. The maximum Gasteiger partial charge on any atom is 0.0249 e. The Kier molecular flexibility index (Phi) is 12.8. The lowest BCUT2D eigenvalue weighted by Gasteiger charge is -2.24. The fourth-order valence-corrected chi connectivity index (χ4v) is 10.5. The molecule has 0 aliphatic heterocycles. The van der Waals surface area contributed by atoms with E-state index < -0.39 is 0 Å². The molecule has 0 aliphatic rings. The Labute approximate surface area is 435 Å². The fraction of sp³-hybridized carbons (Fsp3) is 0. The van der Waals surface area contributed by atoms with Crippen LogP contribution in [0, 0.1) is 11.8 Å². The van der Waals surface area contributed by atoms with Crippen LogP contribution in [0.1, 0.15) is 11.1 Å². The molecule has 0 heteroatoms. The van der Waals surface area contributed by atoms with Gasteiger partial charge in [0.2, 0.25) is 0 Å². The van der Waals surface area contributed by atoms with Crippen molar-refractivity contribution in [3.63, 3.8) is 0 Å². The van der Waals surface area contributed by atoms with Gasteiger partial charge in [0.1, 0.15) is 0 Å². The van der Waals surface area contributed by atoms with Crippen molar-refractivity contribution in [2.24, 2.45) is 0 Å². The highest BCUT2D eigenvalue weighted by atomic mass is 14.3. The zero-order valence-corrected chi connectivity index (χ0v) is 40.9. The summed E-state index contributed by atoms with van der Waals surface area (Å²) in [6, 6.07) is 109. The quantitative estimate of drug-likeness (QED) is 0.120. The number of rotatable bonds is 10. The molecule has 0 saturated heterocycles. The third kappa shape index (κ3) is 9.19. The average Bonchev–Trinajstić information content (AvgIpc) is 3.53. The minimum absolute atomic E-state index is 0.953. The van der Waals surface area contributed by atoms with Gasteiger partial charge in [0.05, 0.1) is 0 Å². The number of hydrogen-bond donors (Lipinski definition) is 0. The summed E-state index contributed by atoms with van der Waals surface area (Å²) in [4.78, 5) is 0. The molecule has 0 heterocycles. The van der Waals surface area contributed by atoms with E-state index in [1.165, 1.54) is 100 Å². The van der Waals surface area contributed by atoms with Gasteiger partial charge in [-0.15, -0.1) is 0 Å². The van der Waals surface area contributed by atoms with E-state index in [0.717, 1.165) is 22.3 Å². The molecule has 12 aromatic carbocycles. The van der Waals surface area contributed by atoms with Crippen molar-refractivity contribution in [2.75, 3.05) is 0 Å². The average molecular weight is 939 g/mol. The molecule has 0 N–H and O–H groups in total. The summed E-state index contributed by atoms with van der Waals surface area (Å²) >= 11 is 0. The van der Waals surface area contributed by atoms with Gasteiger partial charge in [-0.25, -0.2) is 0 Å². The van der Waals surface area contributed by atoms with Gasteiger partial charge in [0, 0.05) is 11.1 Å². The van der Waals surface area contributed by atoms with Crippen molar-refractivity contribution in [2.45, 2.75) is 0 Å². The van der Waals surface area contributed by atoms with Crippen molar-refractivity contribution in [3.8, 4) is 123 Å². The summed E-state index contributed by atoms with van der Waals surface area (Å²) in [5.41, 5.74) is 25.5. The zero-order chi connectivity index (χ0) is 49.5. The van der Waals surface area contributed by atoms with E-state index in [-0.39, 0.29) is 0 Å². The third-order valence-corrected chi connectivity index (χ3v) is 13.9. The van der Waals surface area contributed by atoms with Gasteiger partial charge in [0.15, 0.2) is 0 Å². The molecule has 12 aromatic rings. The molecule has 0 amide bonds. The van der Waals surface area contributed by atoms with E-state index in [1.54, 1.807) is 0 Å². The van der Waals surface area contributed by atoms with Crippen molar-refractivity contribution < 1.29 is 0 Å². The first-order valence-corrected chi connectivity index (χ1v) is 25.3.